The van der Waals surface area contributed by atoms with Gasteiger partial charge in [0, 0.05) is 19.2 Å². The van der Waals surface area contributed by atoms with Crippen molar-refractivity contribution in [2.24, 2.45) is 0 Å². The van der Waals surface area contributed by atoms with Gasteiger partial charge in [-0.1, -0.05) is 42.5 Å². The van der Waals surface area contributed by atoms with E-state index in [0.717, 1.165) is 35.2 Å². The summed E-state index contributed by atoms with van der Waals surface area (Å²) in [6, 6.07) is 16.1. The van der Waals surface area contributed by atoms with E-state index in [0.29, 0.717) is 31.3 Å². The largest absolute Gasteiger partial charge is 0.476 e. The number of hydrogen-bond donors (Lipinski definition) is 1. The first-order valence-corrected chi connectivity index (χ1v) is 10.2. The molecular weight excluding hydrogens is 364 g/mol. The van der Waals surface area contributed by atoms with Crippen LogP contribution >= 0.6 is 0 Å². The highest BCUT2D eigenvalue weighted by atomic mass is 16.5. The third-order valence-corrected chi connectivity index (χ3v) is 5.14. The van der Waals surface area contributed by atoms with Gasteiger partial charge in [-0.3, -0.25) is 4.79 Å². The maximum atomic E-state index is 12.4. The van der Waals surface area contributed by atoms with Crippen molar-refractivity contribution in [3.8, 4) is 5.88 Å². The minimum absolute atomic E-state index is 0.0124. The molecule has 0 radical (unpaired) electrons. The number of nitrogens with one attached hydrogen (secondary N) is 1. The van der Waals surface area contributed by atoms with Crippen molar-refractivity contribution in [2.75, 3.05) is 31.1 Å². The average molecular weight is 390 g/mol. The van der Waals surface area contributed by atoms with Gasteiger partial charge in [0.15, 0.2) is 0 Å². The predicted octanol–water partition coefficient (Wildman–Crippen LogP) is 3.28. The first kappa shape index (κ1) is 19.2. The van der Waals surface area contributed by atoms with E-state index in [9.17, 15) is 4.79 Å². The van der Waals surface area contributed by atoms with Crippen LogP contribution in [0.15, 0.2) is 48.5 Å². The number of amides is 1. The Labute approximate surface area is 170 Å². The van der Waals surface area contributed by atoms with Crippen molar-refractivity contribution >= 4 is 22.5 Å². The van der Waals surface area contributed by atoms with E-state index in [4.69, 9.17) is 4.74 Å². The van der Waals surface area contributed by atoms with Gasteiger partial charge in [0.1, 0.15) is 18.2 Å². The monoisotopic (exact) mass is 390 g/mol. The van der Waals surface area contributed by atoms with Crippen molar-refractivity contribution in [3.63, 3.8) is 0 Å². The number of ether oxygens (including phenoxy) is 1. The van der Waals surface area contributed by atoms with Gasteiger partial charge in [-0.05, 0) is 36.1 Å². The van der Waals surface area contributed by atoms with E-state index in [1.807, 2.05) is 37.3 Å². The van der Waals surface area contributed by atoms with Crippen molar-refractivity contribution in [1.29, 1.82) is 0 Å². The summed E-state index contributed by atoms with van der Waals surface area (Å²) in [5.74, 6) is 2.17. The quantitative estimate of drug-likeness (QED) is 0.627. The van der Waals surface area contributed by atoms with Crippen LogP contribution in [0, 0.1) is 6.92 Å². The molecule has 0 bridgehead atoms. The Morgan fingerprint density at radius 3 is 2.76 bits per heavy atom. The Morgan fingerprint density at radius 1 is 1.10 bits per heavy atom. The van der Waals surface area contributed by atoms with Crippen LogP contribution in [0.1, 0.15) is 24.2 Å². The van der Waals surface area contributed by atoms with E-state index >= 15 is 0 Å². The first-order valence-electron chi connectivity index (χ1n) is 10.2. The number of fused-ring (bicyclic) bond motifs is 1. The van der Waals surface area contributed by atoms with E-state index in [1.54, 1.807) is 0 Å². The van der Waals surface area contributed by atoms with Gasteiger partial charge < -0.3 is 15.0 Å². The molecule has 1 aromatic heterocycles. The number of aromatic nitrogens is 2. The molecule has 1 fully saturated rings. The summed E-state index contributed by atoms with van der Waals surface area (Å²) in [6.45, 7) is 4.74. The van der Waals surface area contributed by atoms with Gasteiger partial charge in [0.05, 0.1) is 13.0 Å². The van der Waals surface area contributed by atoms with Crippen LogP contribution in [0.5, 0.6) is 5.88 Å². The Bertz CT molecular complexity index is 994. The fourth-order valence-corrected chi connectivity index (χ4v) is 3.74. The zero-order valence-corrected chi connectivity index (χ0v) is 16.7. The first-order chi connectivity index (χ1) is 14.2. The zero-order valence-electron chi connectivity index (χ0n) is 16.7. The number of carbonyl (C=O) groups is 1. The Hall–Kier alpha value is -3.15. The van der Waals surface area contributed by atoms with Crippen molar-refractivity contribution < 1.29 is 9.53 Å². The fourth-order valence-electron chi connectivity index (χ4n) is 3.74. The summed E-state index contributed by atoms with van der Waals surface area (Å²) in [5, 5.41) is 5.20. The lowest BCUT2D eigenvalue weighted by Crippen LogP contribution is -2.29. The number of nitrogens with zero attached hydrogens (tertiary/aromatic N) is 3. The maximum Gasteiger partial charge on any atom is 0.224 e. The lowest BCUT2D eigenvalue weighted by atomic mass is 10.0. The second-order valence-electron chi connectivity index (χ2n) is 7.32. The average Bonchev–Trinajstić information content (AvgIpc) is 3.26. The molecule has 1 amide bonds. The lowest BCUT2D eigenvalue weighted by molar-refractivity contribution is -0.120. The van der Waals surface area contributed by atoms with Crippen molar-refractivity contribution in [1.82, 2.24) is 15.3 Å². The molecule has 0 unspecified atom stereocenters. The van der Waals surface area contributed by atoms with Gasteiger partial charge >= 0.3 is 0 Å². The van der Waals surface area contributed by atoms with Gasteiger partial charge in [-0.25, -0.2) is 4.98 Å². The minimum atomic E-state index is -0.0124. The summed E-state index contributed by atoms with van der Waals surface area (Å²) in [7, 11) is 0. The van der Waals surface area contributed by atoms with Crippen molar-refractivity contribution in [2.45, 2.75) is 26.2 Å². The summed E-state index contributed by atoms with van der Waals surface area (Å²) >= 11 is 0. The van der Waals surface area contributed by atoms with Gasteiger partial charge in [0.2, 0.25) is 11.8 Å². The predicted molar refractivity (Wildman–Crippen MR) is 114 cm³/mol. The van der Waals surface area contributed by atoms with Crippen LogP contribution in [0.4, 0.5) is 5.82 Å². The molecule has 1 N–H and O–H groups in total. The summed E-state index contributed by atoms with van der Waals surface area (Å²) < 4.78 is 5.77. The third kappa shape index (κ3) is 4.83. The third-order valence-electron chi connectivity index (χ3n) is 5.14. The van der Waals surface area contributed by atoms with Crippen LogP contribution in [0.3, 0.4) is 0 Å². The Morgan fingerprint density at radius 2 is 1.90 bits per heavy atom. The smallest absolute Gasteiger partial charge is 0.224 e. The maximum absolute atomic E-state index is 12.4. The van der Waals surface area contributed by atoms with Crippen molar-refractivity contribution in [3.05, 3.63) is 59.9 Å². The minimum Gasteiger partial charge on any atom is -0.476 e. The molecule has 2 heterocycles. The number of aryl methyl sites for hydroxylation is 1. The summed E-state index contributed by atoms with van der Waals surface area (Å²) in [5.41, 5.74) is 1.03. The summed E-state index contributed by atoms with van der Waals surface area (Å²) in [6.07, 6.45) is 2.75. The van der Waals surface area contributed by atoms with Crippen LogP contribution in [0.25, 0.3) is 10.8 Å². The highest BCUT2D eigenvalue weighted by Gasteiger charge is 2.15. The number of rotatable bonds is 7. The fraction of sp³-hybridized carbons (Fsp3) is 0.348. The standard InChI is InChI=1S/C23H26N4O2/c1-17-25-21(27-12-4-5-13-27)16-23(26-17)29-14-11-24-22(28)15-19-9-6-8-18-7-2-3-10-20(18)19/h2-3,6-10,16H,4-5,11-15H2,1H3,(H,24,28). The molecule has 29 heavy (non-hydrogen) atoms. The lowest BCUT2D eigenvalue weighted by Gasteiger charge is -2.17. The Balaban J connectivity index is 1.29. The molecule has 1 aliphatic rings. The molecule has 1 saturated heterocycles. The van der Waals surface area contributed by atoms with E-state index < -0.39 is 0 Å². The molecule has 0 aliphatic carbocycles. The molecule has 0 atom stereocenters. The molecule has 0 saturated carbocycles. The normalized spacial score (nSPS) is 13.6. The number of carbonyl (C=O) groups excluding carboxylic acids is 1. The second kappa shape index (κ2) is 8.90. The van der Waals surface area contributed by atoms with Gasteiger partial charge in [-0.2, -0.15) is 4.98 Å². The SMILES string of the molecule is Cc1nc(OCCNC(=O)Cc2cccc3ccccc23)cc(N2CCCC2)n1. The highest BCUT2D eigenvalue weighted by molar-refractivity contribution is 5.90. The van der Waals surface area contributed by atoms with Crippen LogP contribution in [0.2, 0.25) is 0 Å². The highest BCUT2D eigenvalue weighted by Crippen LogP contribution is 2.21. The molecule has 0 spiro atoms. The summed E-state index contributed by atoms with van der Waals surface area (Å²) in [4.78, 5) is 23.5. The molecule has 2 aromatic carbocycles. The van der Waals surface area contributed by atoms with Gasteiger partial charge in [-0.15, -0.1) is 0 Å². The van der Waals surface area contributed by atoms with E-state index in [2.05, 4.69) is 38.4 Å². The molecular formula is C23H26N4O2. The van der Waals surface area contributed by atoms with Crippen LogP contribution in [-0.4, -0.2) is 42.1 Å². The topological polar surface area (TPSA) is 67.3 Å². The molecule has 150 valence electrons. The van der Waals surface area contributed by atoms with Crippen LogP contribution < -0.4 is 15.0 Å². The molecule has 1 aliphatic heterocycles. The van der Waals surface area contributed by atoms with E-state index in [1.165, 1.54) is 12.8 Å². The second-order valence-corrected chi connectivity index (χ2v) is 7.32. The molecule has 3 aromatic rings. The zero-order chi connectivity index (χ0) is 20.1. The molecule has 4 rings (SSSR count). The number of anilines is 1. The van der Waals surface area contributed by atoms with E-state index in [-0.39, 0.29) is 5.91 Å². The number of benzene rings is 2. The number of hydrogen-bond acceptors (Lipinski definition) is 5. The Kier molecular flexibility index (Phi) is 5.89. The molecule has 6 heteroatoms. The van der Waals surface area contributed by atoms with Crippen LogP contribution in [-0.2, 0) is 11.2 Å². The molecule has 6 nitrogen and oxygen atoms in total. The van der Waals surface area contributed by atoms with Gasteiger partial charge in [0.25, 0.3) is 0 Å².